The van der Waals surface area contributed by atoms with Crippen LogP contribution in [0.2, 0.25) is 10.0 Å². The summed E-state index contributed by atoms with van der Waals surface area (Å²) in [5.74, 6) is -0.517. The van der Waals surface area contributed by atoms with E-state index in [0.29, 0.717) is 10.7 Å². The molecule has 0 aromatic heterocycles. The van der Waals surface area contributed by atoms with Crippen molar-refractivity contribution < 1.29 is 9.72 Å². The largest absolute Gasteiger partial charge is 0.369 e. The molecule has 6 nitrogen and oxygen atoms in total. The van der Waals surface area contributed by atoms with Gasteiger partial charge in [0.2, 0.25) is 0 Å². The summed E-state index contributed by atoms with van der Waals surface area (Å²) < 4.78 is 0. The molecule has 8 heteroatoms. The third-order valence-corrected chi connectivity index (χ3v) is 4.70. The summed E-state index contributed by atoms with van der Waals surface area (Å²) in [5.41, 5.74) is 1.17. The summed E-state index contributed by atoms with van der Waals surface area (Å²) in [6.45, 7) is 1.73. The molecule has 3 rings (SSSR count). The van der Waals surface area contributed by atoms with Crippen LogP contribution < -0.4 is 10.2 Å². The Hall–Kier alpha value is -2.31. The molecule has 1 aliphatic rings. The van der Waals surface area contributed by atoms with E-state index in [-0.39, 0.29) is 16.3 Å². The molecule has 2 aromatic carbocycles. The Balaban J connectivity index is 1.93. The minimum absolute atomic E-state index is 0.0446. The van der Waals surface area contributed by atoms with Crippen molar-refractivity contribution >= 4 is 46.2 Å². The van der Waals surface area contributed by atoms with Gasteiger partial charge < -0.3 is 10.2 Å². The van der Waals surface area contributed by atoms with Crippen LogP contribution in [0.1, 0.15) is 23.2 Å². The highest BCUT2D eigenvalue weighted by molar-refractivity contribution is 6.35. The van der Waals surface area contributed by atoms with Crippen molar-refractivity contribution in [1.82, 2.24) is 0 Å². The zero-order valence-electron chi connectivity index (χ0n) is 13.2. The van der Waals surface area contributed by atoms with Crippen molar-refractivity contribution in [3.63, 3.8) is 0 Å². The second-order valence-corrected chi connectivity index (χ2v) is 6.52. The van der Waals surface area contributed by atoms with Crippen molar-refractivity contribution in [3.05, 3.63) is 62.1 Å². The second kappa shape index (κ2) is 7.29. The van der Waals surface area contributed by atoms with Crippen molar-refractivity contribution in [2.24, 2.45) is 0 Å². The predicted octanol–water partition coefficient (Wildman–Crippen LogP) is 4.75. The first-order chi connectivity index (χ1) is 12.0. The number of nitrogens with zero attached hydrogens (tertiary/aromatic N) is 2. The minimum atomic E-state index is -0.567. The SMILES string of the molecule is O=C(Nc1cccc(Cl)c1N1CCCC1)c1cc([N+](=O)[O-])ccc1Cl. The van der Waals surface area contributed by atoms with E-state index in [0.717, 1.165) is 37.7 Å². The van der Waals surface area contributed by atoms with E-state index in [1.807, 2.05) is 0 Å². The van der Waals surface area contributed by atoms with Crippen molar-refractivity contribution in [2.45, 2.75) is 12.8 Å². The number of carbonyl (C=O) groups is 1. The Kier molecular flexibility index (Phi) is 5.11. The standard InChI is InChI=1S/C17H15Cl2N3O3/c18-13-7-6-11(22(24)25)10-12(13)17(23)20-15-5-3-4-14(19)16(15)21-8-1-2-9-21/h3-7,10H,1-2,8-9H2,(H,20,23). The highest BCUT2D eigenvalue weighted by Crippen LogP contribution is 2.36. The normalized spacial score (nSPS) is 13.8. The number of halogens is 2. The maximum absolute atomic E-state index is 12.6. The number of nitrogens with one attached hydrogen (secondary N) is 1. The van der Waals surface area contributed by atoms with Gasteiger partial charge in [0.15, 0.2) is 0 Å². The fourth-order valence-corrected chi connectivity index (χ4v) is 3.37. The van der Waals surface area contributed by atoms with Gasteiger partial charge in [-0.15, -0.1) is 0 Å². The average molecular weight is 380 g/mol. The Morgan fingerprint density at radius 1 is 1.12 bits per heavy atom. The maximum atomic E-state index is 12.6. The summed E-state index contributed by atoms with van der Waals surface area (Å²) in [4.78, 5) is 25.1. The molecule has 0 saturated carbocycles. The average Bonchev–Trinajstić information content (AvgIpc) is 3.09. The fourth-order valence-electron chi connectivity index (χ4n) is 2.87. The molecule has 0 unspecified atom stereocenters. The summed E-state index contributed by atoms with van der Waals surface area (Å²) in [6.07, 6.45) is 2.13. The van der Waals surface area contributed by atoms with Gasteiger partial charge in [-0.3, -0.25) is 14.9 Å². The molecule has 2 aromatic rings. The van der Waals surface area contributed by atoms with Crippen molar-refractivity contribution in [3.8, 4) is 0 Å². The van der Waals surface area contributed by atoms with E-state index in [2.05, 4.69) is 10.2 Å². The van der Waals surface area contributed by atoms with E-state index >= 15 is 0 Å². The van der Waals surface area contributed by atoms with Crippen LogP contribution in [0.4, 0.5) is 17.1 Å². The molecule has 1 saturated heterocycles. The van der Waals surface area contributed by atoms with Gasteiger partial charge >= 0.3 is 0 Å². The highest BCUT2D eigenvalue weighted by atomic mass is 35.5. The smallest absolute Gasteiger partial charge is 0.270 e. The molecule has 1 N–H and O–H groups in total. The van der Waals surface area contributed by atoms with E-state index in [1.54, 1.807) is 18.2 Å². The number of non-ortho nitro benzene ring substituents is 1. The van der Waals surface area contributed by atoms with Gasteiger partial charge in [-0.25, -0.2) is 0 Å². The maximum Gasteiger partial charge on any atom is 0.270 e. The molecule has 130 valence electrons. The summed E-state index contributed by atoms with van der Waals surface area (Å²) in [7, 11) is 0. The molecule has 0 bridgehead atoms. The molecule has 0 aliphatic carbocycles. The zero-order chi connectivity index (χ0) is 18.0. The van der Waals surface area contributed by atoms with Gasteiger partial charge in [-0.2, -0.15) is 0 Å². The third kappa shape index (κ3) is 3.70. The first-order valence-electron chi connectivity index (χ1n) is 7.76. The van der Waals surface area contributed by atoms with Crippen molar-refractivity contribution in [2.75, 3.05) is 23.3 Å². The van der Waals surface area contributed by atoms with E-state index in [1.165, 1.54) is 12.1 Å². The number of amides is 1. The summed E-state index contributed by atoms with van der Waals surface area (Å²) in [6, 6.07) is 9.03. The molecule has 0 atom stereocenters. The quantitative estimate of drug-likeness (QED) is 0.613. The monoisotopic (exact) mass is 379 g/mol. The number of benzene rings is 2. The number of carbonyl (C=O) groups excluding carboxylic acids is 1. The van der Waals surface area contributed by atoms with Gasteiger partial charge in [0.1, 0.15) is 0 Å². The fraction of sp³-hybridized carbons (Fsp3) is 0.235. The molecule has 0 spiro atoms. The van der Waals surface area contributed by atoms with Crippen LogP contribution in [-0.2, 0) is 0 Å². The lowest BCUT2D eigenvalue weighted by molar-refractivity contribution is -0.384. The Labute approximate surface area is 154 Å². The Morgan fingerprint density at radius 2 is 1.84 bits per heavy atom. The number of rotatable bonds is 4. The number of anilines is 2. The molecular formula is C17H15Cl2N3O3. The summed E-state index contributed by atoms with van der Waals surface area (Å²) in [5, 5.41) is 14.4. The number of para-hydroxylation sites is 1. The first-order valence-corrected chi connectivity index (χ1v) is 8.51. The molecule has 1 heterocycles. The van der Waals surface area contributed by atoms with Crippen LogP contribution in [0.3, 0.4) is 0 Å². The number of nitro groups is 1. The molecule has 0 radical (unpaired) electrons. The predicted molar refractivity (Wildman–Crippen MR) is 99.0 cm³/mol. The van der Waals surface area contributed by atoms with Crippen LogP contribution in [0.25, 0.3) is 0 Å². The number of hydrogen-bond donors (Lipinski definition) is 1. The molecule has 1 amide bonds. The van der Waals surface area contributed by atoms with Crippen LogP contribution in [0.5, 0.6) is 0 Å². The third-order valence-electron chi connectivity index (χ3n) is 4.06. The minimum Gasteiger partial charge on any atom is -0.369 e. The van der Waals surface area contributed by atoms with Crippen LogP contribution in [0.15, 0.2) is 36.4 Å². The Morgan fingerprint density at radius 3 is 2.52 bits per heavy atom. The first kappa shape index (κ1) is 17.5. The number of nitro benzene ring substituents is 1. The summed E-state index contributed by atoms with van der Waals surface area (Å²) >= 11 is 12.4. The Bertz CT molecular complexity index is 836. The van der Waals surface area contributed by atoms with E-state index < -0.39 is 10.8 Å². The number of hydrogen-bond acceptors (Lipinski definition) is 4. The van der Waals surface area contributed by atoms with Crippen LogP contribution >= 0.6 is 23.2 Å². The van der Waals surface area contributed by atoms with Gasteiger partial charge in [-0.1, -0.05) is 29.3 Å². The zero-order valence-corrected chi connectivity index (χ0v) is 14.7. The molecule has 1 fully saturated rings. The molecular weight excluding hydrogens is 365 g/mol. The van der Waals surface area contributed by atoms with E-state index in [4.69, 9.17) is 23.2 Å². The molecule has 1 aliphatic heterocycles. The molecule has 25 heavy (non-hydrogen) atoms. The van der Waals surface area contributed by atoms with Crippen LogP contribution in [0, 0.1) is 10.1 Å². The highest BCUT2D eigenvalue weighted by Gasteiger charge is 2.21. The van der Waals surface area contributed by atoms with Gasteiger partial charge in [0.05, 0.1) is 31.9 Å². The van der Waals surface area contributed by atoms with Gasteiger partial charge in [0.25, 0.3) is 11.6 Å². The topological polar surface area (TPSA) is 75.5 Å². The lowest BCUT2D eigenvalue weighted by Gasteiger charge is -2.23. The van der Waals surface area contributed by atoms with Crippen LogP contribution in [-0.4, -0.2) is 23.9 Å². The van der Waals surface area contributed by atoms with Gasteiger partial charge in [0, 0.05) is 25.2 Å². The van der Waals surface area contributed by atoms with Crippen molar-refractivity contribution in [1.29, 1.82) is 0 Å². The lowest BCUT2D eigenvalue weighted by atomic mass is 10.1. The van der Waals surface area contributed by atoms with Gasteiger partial charge in [-0.05, 0) is 31.0 Å². The van der Waals surface area contributed by atoms with E-state index in [9.17, 15) is 14.9 Å². The lowest BCUT2D eigenvalue weighted by Crippen LogP contribution is -2.21. The second-order valence-electron chi connectivity index (χ2n) is 5.71.